The highest BCUT2D eigenvalue weighted by Gasteiger charge is 2.21. The van der Waals surface area contributed by atoms with E-state index in [0.717, 1.165) is 44.9 Å². The number of unbranched alkanes of at least 4 members (excludes halogenated alkanes) is 5. The average Bonchev–Trinajstić information content (AvgIpc) is 2.37. The van der Waals surface area contributed by atoms with Crippen LogP contribution in [0.1, 0.15) is 65.2 Å². The number of nitrogens with one attached hydrogen (secondary N) is 1. The normalized spacial score (nSPS) is 11.9. The lowest BCUT2D eigenvalue weighted by atomic mass is 10.1. The van der Waals surface area contributed by atoms with Crippen LogP contribution in [0.2, 0.25) is 0 Å². The summed E-state index contributed by atoms with van der Waals surface area (Å²) in [6, 6.07) is -0.726. The Morgan fingerprint density at radius 1 is 1.05 bits per heavy atom. The zero-order valence-electron chi connectivity index (χ0n) is 12.1. The lowest BCUT2D eigenvalue weighted by Gasteiger charge is -2.15. The van der Waals surface area contributed by atoms with Crippen LogP contribution in [0.3, 0.4) is 0 Å². The first-order chi connectivity index (χ1) is 9.11. The van der Waals surface area contributed by atoms with E-state index in [1.165, 1.54) is 0 Å². The van der Waals surface area contributed by atoms with Gasteiger partial charge in [-0.25, -0.2) is 9.59 Å². The van der Waals surface area contributed by atoms with Crippen molar-refractivity contribution in [1.29, 1.82) is 0 Å². The van der Waals surface area contributed by atoms with E-state index in [9.17, 15) is 9.59 Å². The predicted octanol–water partition coefficient (Wildman–Crippen LogP) is 3.33. The van der Waals surface area contributed by atoms with Gasteiger partial charge >= 0.3 is 12.1 Å². The molecule has 5 nitrogen and oxygen atoms in total. The first-order valence-electron chi connectivity index (χ1n) is 7.27. The van der Waals surface area contributed by atoms with Gasteiger partial charge in [0.2, 0.25) is 0 Å². The summed E-state index contributed by atoms with van der Waals surface area (Å²) in [6.07, 6.45) is 6.30. The fraction of sp³-hybridized carbons (Fsp3) is 0.857. The van der Waals surface area contributed by atoms with Gasteiger partial charge < -0.3 is 15.2 Å². The molecule has 0 aromatic carbocycles. The Morgan fingerprint density at radius 2 is 1.68 bits per heavy atom. The number of ether oxygens (including phenoxy) is 1. The molecule has 0 rings (SSSR count). The number of hydrogen-bond acceptors (Lipinski definition) is 3. The van der Waals surface area contributed by atoms with E-state index < -0.39 is 18.1 Å². The average molecular weight is 273 g/mol. The molecule has 0 aliphatic heterocycles. The van der Waals surface area contributed by atoms with Crippen LogP contribution in [0.15, 0.2) is 0 Å². The van der Waals surface area contributed by atoms with Gasteiger partial charge in [-0.3, -0.25) is 0 Å². The van der Waals surface area contributed by atoms with E-state index in [4.69, 9.17) is 9.84 Å². The van der Waals surface area contributed by atoms with Crippen molar-refractivity contribution >= 4 is 12.1 Å². The van der Waals surface area contributed by atoms with E-state index >= 15 is 0 Å². The SMILES string of the molecule is CCCCCCC(NC(=O)O)C(=O)OCCCCC. The highest BCUT2D eigenvalue weighted by atomic mass is 16.5. The van der Waals surface area contributed by atoms with E-state index in [2.05, 4.69) is 19.2 Å². The van der Waals surface area contributed by atoms with Crippen molar-refractivity contribution in [1.82, 2.24) is 5.32 Å². The van der Waals surface area contributed by atoms with Crippen molar-refractivity contribution in [3.05, 3.63) is 0 Å². The molecule has 0 heterocycles. The van der Waals surface area contributed by atoms with Crippen LogP contribution in [-0.4, -0.2) is 29.8 Å². The maximum Gasteiger partial charge on any atom is 0.405 e. The van der Waals surface area contributed by atoms with Crippen LogP contribution in [0.5, 0.6) is 0 Å². The number of carboxylic acid groups (broad SMARTS) is 1. The molecule has 0 fully saturated rings. The third-order valence-electron chi connectivity index (χ3n) is 2.92. The molecule has 112 valence electrons. The van der Waals surface area contributed by atoms with Gasteiger partial charge in [-0.15, -0.1) is 0 Å². The fourth-order valence-corrected chi connectivity index (χ4v) is 1.80. The zero-order chi connectivity index (χ0) is 14.5. The van der Waals surface area contributed by atoms with E-state index in [1.807, 2.05) is 0 Å². The number of hydrogen-bond donors (Lipinski definition) is 2. The largest absolute Gasteiger partial charge is 0.465 e. The molecule has 1 unspecified atom stereocenters. The second kappa shape index (κ2) is 11.8. The molecule has 0 aromatic rings. The molecule has 1 atom stereocenters. The van der Waals surface area contributed by atoms with Crippen molar-refractivity contribution in [2.45, 2.75) is 71.3 Å². The molecule has 0 aromatic heterocycles. The summed E-state index contributed by atoms with van der Waals surface area (Å²) < 4.78 is 5.10. The van der Waals surface area contributed by atoms with Gasteiger partial charge in [0.1, 0.15) is 6.04 Å². The summed E-state index contributed by atoms with van der Waals surface area (Å²) in [5, 5.41) is 11.0. The number of rotatable bonds is 11. The summed E-state index contributed by atoms with van der Waals surface area (Å²) in [4.78, 5) is 22.4. The van der Waals surface area contributed by atoms with Crippen LogP contribution in [-0.2, 0) is 9.53 Å². The molecule has 0 saturated carbocycles. The zero-order valence-corrected chi connectivity index (χ0v) is 12.1. The van der Waals surface area contributed by atoms with E-state index in [1.54, 1.807) is 0 Å². The monoisotopic (exact) mass is 273 g/mol. The molecule has 19 heavy (non-hydrogen) atoms. The highest BCUT2D eigenvalue weighted by Crippen LogP contribution is 2.07. The van der Waals surface area contributed by atoms with Crippen LogP contribution < -0.4 is 5.32 Å². The third kappa shape index (κ3) is 10.4. The molecule has 2 N–H and O–H groups in total. The third-order valence-corrected chi connectivity index (χ3v) is 2.92. The molecule has 1 amide bonds. The van der Waals surface area contributed by atoms with Gasteiger partial charge in [0, 0.05) is 0 Å². The molecular formula is C14H27NO4. The second-order valence-electron chi connectivity index (χ2n) is 4.73. The Balaban J connectivity index is 4.00. The number of amides is 1. The van der Waals surface area contributed by atoms with Gasteiger partial charge in [-0.05, 0) is 12.8 Å². The Morgan fingerprint density at radius 3 is 2.26 bits per heavy atom. The van der Waals surface area contributed by atoms with E-state index in [-0.39, 0.29) is 0 Å². The lowest BCUT2D eigenvalue weighted by molar-refractivity contribution is -0.146. The van der Waals surface area contributed by atoms with Gasteiger partial charge in [-0.2, -0.15) is 0 Å². The molecule has 0 aliphatic rings. The van der Waals surface area contributed by atoms with Gasteiger partial charge in [0.15, 0.2) is 0 Å². The van der Waals surface area contributed by atoms with Gasteiger partial charge in [0.05, 0.1) is 6.61 Å². The minimum Gasteiger partial charge on any atom is -0.465 e. The first kappa shape index (κ1) is 17.7. The highest BCUT2D eigenvalue weighted by molar-refractivity contribution is 5.80. The quantitative estimate of drug-likeness (QED) is 0.447. The summed E-state index contributed by atoms with van der Waals surface area (Å²) in [6.45, 7) is 4.55. The van der Waals surface area contributed by atoms with Crippen LogP contribution in [0, 0.1) is 0 Å². The molecule has 0 radical (unpaired) electrons. The summed E-state index contributed by atoms with van der Waals surface area (Å²) in [5.74, 6) is -0.449. The summed E-state index contributed by atoms with van der Waals surface area (Å²) in [5.41, 5.74) is 0. The Hall–Kier alpha value is -1.26. The number of carbonyl (C=O) groups excluding carboxylic acids is 1. The van der Waals surface area contributed by atoms with Crippen molar-refractivity contribution in [3.63, 3.8) is 0 Å². The van der Waals surface area contributed by atoms with E-state index in [0.29, 0.717) is 13.0 Å². The first-order valence-corrected chi connectivity index (χ1v) is 7.27. The predicted molar refractivity (Wildman–Crippen MR) is 74.2 cm³/mol. The fourth-order valence-electron chi connectivity index (χ4n) is 1.80. The Kier molecular flexibility index (Phi) is 11.0. The summed E-state index contributed by atoms with van der Waals surface area (Å²) >= 11 is 0. The molecule has 0 saturated heterocycles. The second-order valence-corrected chi connectivity index (χ2v) is 4.73. The van der Waals surface area contributed by atoms with Crippen LogP contribution >= 0.6 is 0 Å². The standard InChI is InChI=1S/C14H27NO4/c1-3-5-7-8-10-12(15-14(17)18)13(16)19-11-9-6-4-2/h12,15H,3-11H2,1-2H3,(H,17,18). The van der Waals surface area contributed by atoms with Crippen LogP contribution in [0.4, 0.5) is 4.79 Å². The smallest absolute Gasteiger partial charge is 0.405 e. The van der Waals surface area contributed by atoms with Crippen molar-refractivity contribution in [3.8, 4) is 0 Å². The molecule has 0 bridgehead atoms. The van der Waals surface area contributed by atoms with Gasteiger partial charge in [-0.1, -0.05) is 52.4 Å². The molecule has 0 spiro atoms. The van der Waals surface area contributed by atoms with Crippen molar-refractivity contribution in [2.24, 2.45) is 0 Å². The molecule has 0 aliphatic carbocycles. The number of carbonyl (C=O) groups is 2. The Labute approximate surface area is 115 Å². The van der Waals surface area contributed by atoms with Gasteiger partial charge in [0.25, 0.3) is 0 Å². The number of esters is 1. The minimum absolute atomic E-state index is 0.374. The minimum atomic E-state index is -1.18. The molecular weight excluding hydrogens is 246 g/mol. The summed E-state index contributed by atoms with van der Waals surface area (Å²) in [7, 11) is 0. The van der Waals surface area contributed by atoms with Crippen molar-refractivity contribution in [2.75, 3.05) is 6.61 Å². The van der Waals surface area contributed by atoms with Crippen LogP contribution in [0.25, 0.3) is 0 Å². The maximum absolute atomic E-state index is 11.8. The maximum atomic E-state index is 11.8. The topological polar surface area (TPSA) is 75.6 Å². The molecule has 5 heteroatoms. The lowest BCUT2D eigenvalue weighted by Crippen LogP contribution is -2.41. The van der Waals surface area contributed by atoms with Crippen molar-refractivity contribution < 1.29 is 19.4 Å². The Bertz CT molecular complexity index is 256.